The topological polar surface area (TPSA) is 66.5 Å². The van der Waals surface area contributed by atoms with Crippen molar-refractivity contribution < 1.29 is 17.6 Å². The third-order valence-corrected chi connectivity index (χ3v) is 6.46. The third kappa shape index (κ3) is 4.87. The molecular formula is C20H15Cl2FN2O3S. The molecule has 0 atom stereocenters. The molecule has 5 nitrogen and oxygen atoms in total. The predicted octanol–water partition coefficient (Wildman–Crippen LogP) is 4.97. The second-order valence-electron chi connectivity index (χ2n) is 5.95. The SMILES string of the molecule is O=C(CN(c1ccccc1F)S(=O)(=O)c1ccccc1)Nc1ccc(Cl)c(Cl)c1. The van der Waals surface area contributed by atoms with Gasteiger partial charge < -0.3 is 5.32 Å². The Morgan fingerprint density at radius 2 is 1.59 bits per heavy atom. The lowest BCUT2D eigenvalue weighted by Crippen LogP contribution is -2.38. The maximum Gasteiger partial charge on any atom is 0.264 e. The maximum atomic E-state index is 14.4. The van der Waals surface area contributed by atoms with E-state index in [4.69, 9.17) is 23.2 Å². The highest BCUT2D eigenvalue weighted by Gasteiger charge is 2.29. The lowest BCUT2D eigenvalue weighted by atomic mass is 10.3. The van der Waals surface area contributed by atoms with Crippen LogP contribution in [-0.4, -0.2) is 20.9 Å². The van der Waals surface area contributed by atoms with E-state index in [0.717, 1.165) is 10.4 Å². The largest absolute Gasteiger partial charge is 0.324 e. The fourth-order valence-electron chi connectivity index (χ4n) is 2.58. The lowest BCUT2D eigenvalue weighted by molar-refractivity contribution is -0.114. The summed E-state index contributed by atoms with van der Waals surface area (Å²) in [5.41, 5.74) is 0.0932. The summed E-state index contributed by atoms with van der Waals surface area (Å²) < 4.78 is 41.3. The molecule has 3 aromatic rings. The molecule has 0 bridgehead atoms. The molecule has 1 amide bonds. The molecule has 0 aliphatic rings. The Labute approximate surface area is 177 Å². The Morgan fingerprint density at radius 3 is 2.24 bits per heavy atom. The fraction of sp³-hybridized carbons (Fsp3) is 0.0500. The second-order valence-corrected chi connectivity index (χ2v) is 8.63. The number of carbonyl (C=O) groups is 1. The molecular weight excluding hydrogens is 438 g/mol. The average Bonchev–Trinajstić information content (AvgIpc) is 2.70. The minimum Gasteiger partial charge on any atom is -0.324 e. The first kappa shape index (κ1) is 21.1. The fourth-order valence-corrected chi connectivity index (χ4v) is 4.33. The first-order valence-electron chi connectivity index (χ1n) is 8.36. The van der Waals surface area contributed by atoms with E-state index < -0.39 is 28.3 Å². The van der Waals surface area contributed by atoms with Crippen molar-refractivity contribution in [1.29, 1.82) is 0 Å². The molecule has 0 spiro atoms. The standard InChI is InChI=1S/C20H15Cl2FN2O3S/c21-16-11-10-14(12-17(16)22)24-20(26)13-25(19-9-5-4-8-18(19)23)29(27,28)15-6-2-1-3-7-15/h1-12H,13H2,(H,24,26). The summed E-state index contributed by atoms with van der Waals surface area (Å²) >= 11 is 11.8. The number of nitrogens with one attached hydrogen (secondary N) is 1. The number of hydrogen-bond acceptors (Lipinski definition) is 3. The van der Waals surface area contributed by atoms with Crippen molar-refractivity contribution in [2.75, 3.05) is 16.2 Å². The van der Waals surface area contributed by atoms with Crippen LogP contribution in [0.5, 0.6) is 0 Å². The quantitative estimate of drug-likeness (QED) is 0.574. The number of anilines is 2. The summed E-state index contributed by atoms with van der Waals surface area (Å²) in [6, 6.07) is 17.3. The smallest absolute Gasteiger partial charge is 0.264 e. The summed E-state index contributed by atoms with van der Waals surface area (Å²) in [5, 5.41) is 3.08. The Balaban J connectivity index is 1.94. The van der Waals surface area contributed by atoms with Crippen LogP contribution in [0.15, 0.2) is 77.7 Å². The van der Waals surface area contributed by atoms with Crippen LogP contribution in [-0.2, 0) is 14.8 Å². The molecule has 3 aromatic carbocycles. The summed E-state index contributed by atoms with van der Waals surface area (Å²) in [7, 11) is -4.19. The number of hydrogen-bond donors (Lipinski definition) is 1. The van der Waals surface area contributed by atoms with Crippen LogP contribution < -0.4 is 9.62 Å². The molecule has 0 aromatic heterocycles. The van der Waals surface area contributed by atoms with E-state index >= 15 is 0 Å². The molecule has 150 valence electrons. The van der Waals surface area contributed by atoms with E-state index in [1.807, 2.05) is 0 Å². The van der Waals surface area contributed by atoms with Gasteiger partial charge in [-0.15, -0.1) is 0 Å². The van der Waals surface area contributed by atoms with Crippen molar-refractivity contribution in [3.8, 4) is 0 Å². The van der Waals surface area contributed by atoms with E-state index in [1.54, 1.807) is 18.2 Å². The van der Waals surface area contributed by atoms with Crippen LogP contribution >= 0.6 is 23.2 Å². The first-order valence-corrected chi connectivity index (χ1v) is 10.6. The zero-order chi connectivity index (χ0) is 21.0. The van der Waals surface area contributed by atoms with Gasteiger partial charge in [0.1, 0.15) is 12.4 Å². The van der Waals surface area contributed by atoms with Gasteiger partial charge in [-0.3, -0.25) is 9.10 Å². The summed E-state index contributed by atoms with van der Waals surface area (Å²) in [5.74, 6) is -1.44. The zero-order valence-corrected chi connectivity index (χ0v) is 17.2. The Kier molecular flexibility index (Phi) is 6.42. The Hall–Kier alpha value is -2.61. The van der Waals surface area contributed by atoms with Crippen molar-refractivity contribution >= 4 is 50.5 Å². The predicted molar refractivity (Wildman–Crippen MR) is 112 cm³/mol. The van der Waals surface area contributed by atoms with Crippen LogP contribution in [0.1, 0.15) is 0 Å². The molecule has 0 saturated carbocycles. The van der Waals surface area contributed by atoms with Gasteiger partial charge in [0.05, 0.1) is 20.6 Å². The van der Waals surface area contributed by atoms with Gasteiger partial charge in [-0.25, -0.2) is 12.8 Å². The van der Waals surface area contributed by atoms with Gasteiger partial charge in [-0.05, 0) is 42.5 Å². The number of nitrogens with zero attached hydrogens (tertiary/aromatic N) is 1. The van der Waals surface area contributed by atoms with Gasteiger partial charge in [0.25, 0.3) is 10.0 Å². The highest BCUT2D eigenvalue weighted by molar-refractivity contribution is 7.92. The van der Waals surface area contributed by atoms with Gasteiger partial charge in [0.2, 0.25) is 5.91 Å². The molecule has 0 aliphatic carbocycles. The second kappa shape index (κ2) is 8.82. The van der Waals surface area contributed by atoms with Crippen LogP contribution in [0.3, 0.4) is 0 Å². The number of halogens is 3. The molecule has 0 aliphatic heterocycles. The van der Waals surface area contributed by atoms with Crippen molar-refractivity contribution in [1.82, 2.24) is 0 Å². The minimum absolute atomic E-state index is 0.0643. The van der Waals surface area contributed by atoms with Crippen LogP contribution in [0.4, 0.5) is 15.8 Å². The molecule has 3 rings (SSSR count). The summed E-state index contributed by atoms with van der Waals surface area (Å²) in [4.78, 5) is 12.5. The molecule has 0 unspecified atom stereocenters. The number of sulfonamides is 1. The molecule has 0 heterocycles. The Bertz CT molecular complexity index is 1140. The lowest BCUT2D eigenvalue weighted by Gasteiger charge is -2.24. The van der Waals surface area contributed by atoms with E-state index in [1.165, 1.54) is 48.5 Å². The van der Waals surface area contributed by atoms with Gasteiger partial charge >= 0.3 is 0 Å². The number of benzene rings is 3. The molecule has 0 fully saturated rings. The third-order valence-electron chi connectivity index (χ3n) is 3.94. The van der Waals surface area contributed by atoms with E-state index in [0.29, 0.717) is 10.7 Å². The van der Waals surface area contributed by atoms with Gasteiger partial charge in [0.15, 0.2) is 0 Å². The molecule has 0 radical (unpaired) electrons. The van der Waals surface area contributed by atoms with Crippen molar-refractivity contribution in [3.05, 3.63) is 88.7 Å². The number of para-hydroxylation sites is 1. The monoisotopic (exact) mass is 452 g/mol. The average molecular weight is 453 g/mol. The highest BCUT2D eigenvalue weighted by Crippen LogP contribution is 2.27. The van der Waals surface area contributed by atoms with Crippen molar-refractivity contribution in [2.24, 2.45) is 0 Å². The van der Waals surface area contributed by atoms with E-state index in [2.05, 4.69) is 5.32 Å². The zero-order valence-electron chi connectivity index (χ0n) is 14.8. The first-order chi connectivity index (χ1) is 13.8. The summed E-state index contributed by atoms with van der Waals surface area (Å²) in [6.07, 6.45) is 0. The van der Waals surface area contributed by atoms with Crippen molar-refractivity contribution in [3.63, 3.8) is 0 Å². The number of amides is 1. The van der Waals surface area contributed by atoms with Gasteiger partial charge in [-0.1, -0.05) is 53.5 Å². The van der Waals surface area contributed by atoms with Crippen LogP contribution in [0, 0.1) is 5.82 Å². The summed E-state index contributed by atoms with van der Waals surface area (Å²) in [6.45, 7) is -0.640. The normalized spacial score (nSPS) is 11.1. The molecule has 9 heteroatoms. The highest BCUT2D eigenvalue weighted by atomic mass is 35.5. The van der Waals surface area contributed by atoms with Crippen LogP contribution in [0.2, 0.25) is 10.0 Å². The van der Waals surface area contributed by atoms with Gasteiger partial charge in [-0.2, -0.15) is 0 Å². The minimum atomic E-state index is -4.19. The van der Waals surface area contributed by atoms with Crippen LogP contribution in [0.25, 0.3) is 0 Å². The van der Waals surface area contributed by atoms with Gasteiger partial charge in [0, 0.05) is 5.69 Å². The Morgan fingerprint density at radius 1 is 0.931 bits per heavy atom. The number of carbonyl (C=O) groups excluding carboxylic acids is 1. The molecule has 1 N–H and O–H groups in total. The molecule has 29 heavy (non-hydrogen) atoms. The van der Waals surface area contributed by atoms with E-state index in [9.17, 15) is 17.6 Å². The van der Waals surface area contributed by atoms with Crippen molar-refractivity contribution in [2.45, 2.75) is 4.90 Å². The van der Waals surface area contributed by atoms with E-state index in [-0.39, 0.29) is 15.6 Å². The molecule has 0 saturated heterocycles. The number of rotatable bonds is 6. The maximum absolute atomic E-state index is 14.4.